The second-order valence-electron chi connectivity index (χ2n) is 3.85. The number of carboxylic acids is 1. The van der Waals surface area contributed by atoms with Crippen molar-refractivity contribution >= 4 is 15.8 Å². The van der Waals surface area contributed by atoms with E-state index in [0.717, 1.165) is 0 Å². The monoisotopic (exact) mass is 272 g/mol. The number of sulfone groups is 1. The van der Waals surface area contributed by atoms with E-state index >= 15 is 0 Å². The number of rotatable bonds is 7. The Balaban J connectivity index is 2.78. The van der Waals surface area contributed by atoms with Gasteiger partial charge in [0.15, 0.2) is 9.84 Å². The lowest BCUT2D eigenvalue weighted by atomic mass is 10.2. The van der Waals surface area contributed by atoms with E-state index in [1.165, 1.54) is 24.3 Å². The van der Waals surface area contributed by atoms with Gasteiger partial charge in [-0.25, -0.2) is 13.2 Å². The SMILES string of the molecule is COCCCCS(=O)(=O)c1cccc(C(=O)O)c1. The van der Waals surface area contributed by atoms with Crippen molar-refractivity contribution in [1.82, 2.24) is 0 Å². The molecule has 1 N–H and O–H groups in total. The van der Waals surface area contributed by atoms with Gasteiger partial charge >= 0.3 is 5.97 Å². The highest BCUT2D eigenvalue weighted by molar-refractivity contribution is 7.91. The van der Waals surface area contributed by atoms with Crippen LogP contribution in [0, 0.1) is 0 Å². The summed E-state index contributed by atoms with van der Waals surface area (Å²) in [6, 6.07) is 5.41. The molecule has 0 saturated heterocycles. The van der Waals surface area contributed by atoms with Gasteiger partial charge in [0, 0.05) is 13.7 Å². The lowest BCUT2D eigenvalue weighted by molar-refractivity contribution is 0.0696. The predicted octanol–water partition coefficient (Wildman–Crippen LogP) is 1.59. The first-order valence-corrected chi connectivity index (χ1v) is 7.17. The second-order valence-corrected chi connectivity index (χ2v) is 5.96. The largest absolute Gasteiger partial charge is 0.478 e. The van der Waals surface area contributed by atoms with Gasteiger partial charge in [-0.3, -0.25) is 0 Å². The fraction of sp³-hybridized carbons (Fsp3) is 0.417. The minimum absolute atomic E-state index is 0.000563. The third-order valence-electron chi connectivity index (χ3n) is 2.45. The number of methoxy groups -OCH3 is 1. The summed E-state index contributed by atoms with van der Waals surface area (Å²) in [7, 11) is -1.86. The molecule has 18 heavy (non-hydrogen) atoms. The molecule has 0 heterocycles. The van der Waals surface area contributed by atoms with Crippen LogP contribution in [0.1, 0.15) is 23.2 Å². The fourth-order valence-corrected chi connectivity index (χ4v) is 2.89. The van der Waals surface area contributed by atoms with Gasteiger partial charge in [0.1, 0.15) is 0 Å². The van der Waals surface area contributed by atoms with E-state index in [2.05, 4.69) is 0 Å². The molecule has 0 aliphatic carbocycles. The maximum Gasteiger partial charge on any atom is 0.335 e. The van der Waals surface area contributed by atoms with Gasteiger partial charge in [-0.15, -0.1) is 0 Å². The van der Waals surface area contributed by atoms with Gasteiger partial charge in [0.2, 0.25) is 0 Å². The van der Waals surface area contributed by atoms with E-state index in [1.807, 2.05) is 0 Å². The molecule has 1 aromatic carbocycles. The van der Waals surface area contributed by atoms with Crippen LogP contribution in [0.5, 0.6) is 0 Å². The number of aromatic carboxylic acids is 1. The fourth-order valence-electron chi connectivity index (χ4n) is 1.48. The number of carboxylic acid groups (broad SMARTS) is 1. The third-order valence-corrected chi connectivity index (χ3v) is 4.25. The van der Waals surface area contributed by atoms with E-state index in [0.29, 0.717) is 19.4 Å². The predicted molar refractivity (Wildman–Crippen MR) is 66.6 cm³/mol. The van der Waals surface area contributed by atoms with E-state index in [1.54, 1.807) is 7.11 Å². The van der Waals surface area contributed by atoms with Crippen LogP contribution in [0.15, 0.2) is 29.2 Å². The van der Waals surface area contributed by atoms with Gasteiger partial charge < -0.3 is 9.84 Å². The summed E-state index contributed by atoms with van der Waals surface area (Å²) in [5.74, 6) is -1.13. The average Bonchev–Trinajstić information content (AvgIpc) is 2.35. The molecule has 0 aromatic heterocycles. The summed E-state index contributed by atoms with van der Waals surface area (Å²) >= 11 is 0. The van der Waals surface area contributed by atoms with Gasteiger partial charge in [0.25, 0.3) is 0 Å². The van der Waals surface area contributed by atoms with E-state index in [9.17, 15) is 13.2 Å². The molecule has 1 aromatic rings. The first-order chi connectivity index (χ1) is 8.47. The average molecular weight is 272 g/mol. The third kappa shape index (κ3) is 4.12. The summed E-state index contributed by atoms with van der Waals surface area (Å²) in [6.45, 7) is 0.519. The lowest BCUT2D eigenvalue weighted by Crippen LogP contribution is -2.09. The van der Waals surface area contributed by atoms with Crippen molar-refractivity contribution in [3.63, 3.8) is 0 Å². The van der Waals surface area contributed by atoms with Crippen molar-refractivity contribution in [2.75, 3.05) is 19.5 Å². The van der Waals surface area contributed by atoms with Crippen LogP contribution < -0.4 is 0 Å². The molecule has 0 spiro atoms. The Morgan fingerprint density at radius 1 is 1.33 bits per heavy atom. The standard InChI is InChI=1S/C12H16O5S/c1-17-7-2-3-8-18(15,16)11-6-4-5-10(9-11)12(13)14/h4-6,9H,2-3,7-8H2,1H3,(H,13,14). The van der Waals surface area contributed by atoms with E-state index in [4.69, 9.17) is 9.84 Å². The van der Waals surface area contributed by atoms with Gasteiger partial charge in [-0.05, 0) is 31.0 Å². The van der Waals surface area contributed by atoms with Crippen LogP contribution >= 0.6 is 0 Å². The van der Waals surface area contributed by atoms with Crippen molar-refractivity contribution in [2.45, 2.75) is 17.7 Å². The van der Waals surface area contributed by atoms with Crippen molar-refractivity contribution in [3.8, 4) is 0 Å². The number of benzene rings is 1. The molecular weight excluding hydrogens is 256 g/mol. The summed E-state index contributed by atoms with van der Waals surface area (Å²) in [5, 5.41) is 8.81. The Morgan fingerprint density at radius 2 is 2.06 bits per heavy atom. The van der Waals surface area contributed by atoms with Crippen molar-refractivity contribution in [2.24, 2.45) is 0 Å². The molecular formula is C12H16O5S. The highest BCUT2D eigenvalue weighted by Gasteiger charge is 2.15. The molecule has 5 nitrogen and oxygen atoms in total. The quantitative estimate of drug-likeness (QED) is 0.762. The van der Waals surface area contributed by atoms with Crippen molar-refractivity contribution in [1.29, 1.82) is 0 Å². The molecule has 0 atom stereocenters. The highest BCUT2D eigenvalue weighted by atomic mass is 32.2. The minimum Gasteiger partial charge on any atom is -0.478 e. The Morgan fingerprint density at radius 3 is 2.67 bits per heavy atom. The molecule has 6 heteroatoms. The molecule has 100 valence electrons. The summed E-state index contributed by atoms with van der Waals surface area (Å²) in [5.41, 5.74) is -0.0204. The Kier molecular flexibility index (Phi) is 5.30. The zero-order chi connectivity index (χ0) is 13.6. The van der Waals surface area contributed by atoms with E-state index in [-0.39, 0.29) is 16.2 Å². The molecule has 0 unspecified atom stereocenters. The molecule has 0 aliphatic rings. The molecule has 0 amide bonds. The van der Waals surface area contributed by atoms with E-state index < -0.39 is 15.8 Å². The smallest absolute Gasteiger partial charge is 0.335 e. The number of carbonyl (C=O) groups is 1. The molecule has 0 fully saturated rings. The van der Waals surface area contributed by atoms with Gasteiger partial charge in [-0.1, -0.05) is 6.07 Å². The second kappa shape index (κ2) is 6.51. The summed E-state index contributed by atoms with van der Waals surface area (Å²) < 4.78 is 28.7. The molecule has 0 bridgehead atoms. The van der Waals surface area contributed by atoms with Crippen molar-refractivity contribution < 1.29 is 23.1 Å². The normalized spacial score (nSPS) is 11.4. The highest BCUT2D eigenvalue weighted by Crippen LogP contribution is 2.14. The zero-order valence-corrected chi connectivity index (χ0v) is 10.9. The maximum absolute atomic E-state index is 11.9. The topological polar surface area (TPSA) is 80.7 Å². The molecule has 0 radical (unpaired) electrons. The first-order valence-electron chi connectivity index (χ1n) is 5.52. The number of unbranched alkanes of at least 4 members (excludes halogenated alkanes) is 1. The van der Waals surface area contributed by atoms with Gasteiger partial charge in [0.05, 0.1) is 16.2 Å². The Labute approximate surface area is 106 Å². The Bertz CT molecular complexity index is 507. The molecule has 1 rings (SSSR count). The molecule has 0 aliphatic heterocycles. The number of hydrogen-bond donors (Lipinski definition) is 1. The van der Waals surface area contributed by atoms with Crippen LogP contribution in [0.2, 0.25) is 0 Å². The van der Waals surface area contributed by atoms with Crippen LogP contribution in [0.4, 0.5) is 0 Å². The van der Waals surface area contributed by atoms with Crippen LogP contribution in [0.25, 0.3) is 0 Å². The van der Waals surface area contributed by atoms with Crippen LogP contribution in [0.3, 0.4) is 0 Å². The zero-order valence-electron chi connectivity index (χ0n) is 10.1. The lowest BCUT2D eigenvalue weighted by Gasteiger charge is -2.05. The maximum atomic E-state index is 11.9. The Hall–Kier alpha value is -1.40. The number of hydrogen-bond acceptors (Lipinski definition) is 4. The van der Waals surface area contributed by atoms with Crippen molar-refractivity contribution in [3.05, 3.63) is 29.8 Å². The summed E-state index contributed by atoms with van der Waals surface area (Å²) in [6.07, 6.45) is 1.15. The van der Waals surface area contributed by atoms with Crippen LogP contribution in [-0.2, 0) is 14.6 Å². The molecule has 0 saturated carbocycles. The minimum atomic E-state index is -3.42. The van der Waals surface area contributed by atoms with Gasteiger partial charge in [-0.2, -0.15) is 0 Å². The number of ether oxygens (including phenoxy) is 1. The van der Waals surface area contributed by atoms with Crippen LogP contribution in [-0.4, -0.2) is 39.0 Å². The summed E-state index contributed by atoms with van der Waals surface area (Å²) in [4.78, 5) is 10.8. The first kappa shape index (κ1) is 14.7.